The van der Waals surface area contributed by atoms with E-state index in [1.807, 2.05) is 24.5 Å². The minimum atomic E-state index is 0.453. The van der Waals surface area contributed by atoms with E-state index < -0.39 is 0 Å². The van der Waals surface area contributed by atoms with Gasteiger partial charge in [-0.1, -0.05) is 25.1 Å². The molecule has 0 amide bonds. The van der Waals surface area contributed by atoms with Crippen LogP contribution in [0.25, 0.3) is 16.6 Å². The smallest absolute Gasteiger partial charge is 0.0936 e. The number of likely N-dealkylation sites (tertiary alicyclic amines) is 1. The van der Waals surface area contributed by atoms with E-state index in [0.29, 0.717) is 12.0 Å². The van der Waals surface area contributed by atoms with E-state index in [9.17, 15) is 0 Å². The van der Waals surface area contributed by atoms with Crippen LogP contribution < -0.4 is 5.32 Å². The zero-order chi connectivity index (χ0) is 25.7. The molecule has 6 heteroatoms. The van der Waals surface area contributed by atoms with Gasteiger partial charge in [0.1, 0.15) is 0 Å². The predicted molar refractivity (Wildman–Crippen MR) is 153 cm³/mol. The Kier molecular flexibility index (Phi) is 8.97. The van der Waals surface area contributed by atoms with Gasteiger partial charge in [-0.15, -0.1) is 0 Å². The van der Waals surface area contributed by atoms with Crippen LogP contribution in [-0.2, 0) is 0 Å². The summed E-state index contributed by atoms with van der Waals surface area (Å²) < 4.78 is 2.24. The molecule has 0 radical (unpaired) electrons. The van der Waals surface area contributed by atoms with E-state index in [2.05, 4.69) is 83.5 Å². The molecule has 0 spiro atoms. The van der Waals surface area contributed by atoms with Crippen molar-refractivity contribution in [3.05, 3.63) is 71.9 Å². The molecule has 1 fully saturated rings. The van der Waals surface area contributed by atoms with Crippen LogP contribution in [0.15, 0.2) is 61.3 Å². The third-order valence-electron chi connectivity index (χ3n) is 7.87. The summed E-state index contributed by atoms with van der Waals surface area (Å²) in [5.41, 5.74) is 3.61. The maximum absolute atomic E-state index is 6.13. The van der Waals surface area contributed by atoms with Crippen molar-refractivity contribution in [1.29, 1.82) is 0 Å². The lowest BCUT2D eigenvalue weighted by Gasteiger charge is -2.36. The summed E-state index contributed by atoms with van der Waals surface area (Å²) in [5, 5.41) is 5.63. The maximum atomic E-state index is 6.13. The highest BCUT2D eigenvalue weighted by Gasteiger charge is 2.22. The predicted octanol–water partition coefficient (Wildman–Crippen LogP) is 6.68. The second kappa shape index (κ2) is 12.2. The summed E-state index contributed by atoms with van der Waals surface area (Å²) in [5.74, 6) is 2.23. The lowest BCUT2D eigenvalue weighted by molar-refractivity contribution is 0.134. The Morgan fingerprint density at radius 2 is 1.92 bits per heavy atom. The standard InChI is InChI=1S/C30H42ClN5/c1-6-25(11-16-33-23(4)34(5)20-24-13-17-35(18-14-24)22(2)3)29-21-36(27-9-7-26(31)8-10-27)30-19-32-15-12-28(29)30/h7-10,12,15,19,21-22,24-25,33H,4,6,11,13-14,16-18,20H2,1-3,5H3. The van der Waals surface area contributed by atoms with Crippen LogP contribution in [0.4, 0.5) is 0 Å². The average Bonchev–Trinajstić information content (AvgIpc) is 3.27. The number of benzene rings is 1. The molecule has 1 aromatic carbocycles. The number of aromatic nitrogens is 2. The SMILES string of the molecule is C=C(NCCC(CC)c1cn(-c2ccc(Cl)cc2)c2cnccc12)N(C)CC1CCN(C(C)C)CC1. The third-order valence-corrected chi connectivity index (χ3v) is 8.12. The van der Waals surface area contributed by atoms with Crippen molar-refractivity contribution in [1.82, 2.24) is 24.7 Å². The Balaban J connectivity index is 1.36. The number of hydrogen-bond acceptors (Lipinski definition) is 4. The van der Waals surface area contributed by atoms with Crippen molar-refractivity contribution >= 4 is 22.5 Å². The Labute approximate surface area is 222 Å². The summed E-state index contributed by atoms with van der Waals surface area (Å²) in [4.78, 5) is 9.31. The lowest BCUT2D eigenvalue weighted by Crippen LogP contribution is -2.41. The van der Waals surface area contributed by atoms with Crippen molar-refractivity contribution < 1.29 is 0 Å². The fourth-order valence-electron chi connectivity index (χ4n) is 5.50. The quantitative estimate of drug-likeness (QED) is 0.314. The topological polar surface area (TPSA) is 36.3 Å². The van der Waals surface area contributed by atoms with Gasteiger partial charge in [0.15, 0.2) is 0 Å². The minimum Gasteiger partial charge on any atom is -0.372 e. The fraction of sp³-hybridized carbons (Fsp3) is 0.500. The molecular weight excluding hydrogens is 466 g/mol. The number of nitrogens with one attached hydrogen (secondary N) is 1. The van der Waals surface area contributed by atoms with E-state index in [1.165, 1.54) is 36.9 Å². The first-order valence-electron chi connectivity index (χ1n) is 13.5. The van der Waals surface area contributed by atoms with Gasteiger partial charge in [0.05, 0.1) is 17.5 Å². The van der Waals surface area contributed by atoms with Crippen molar-refractivity contribution in [3.63, 3.8) is 0 Å². The largest absolute Gasteiger partial charge is 0.372 e. The van der Waals surface area contributed by atoms with Gasteiger partial charge in [-0.05, 0) is 100 Å². The van der Waals surface area contributed by atoms with Crippen LogP contribution in [0.2, 0.25) is 5.02 Å². The van der Waals surface area contributed by atoms with Crippen LogP contribution in [0.5, 0.6) is 0 Å². The van der Waals surface area contributed by atoms with E-state index >= 15 is 0 Å². The molecule has 1 aliphatic rings. The Morgan fingerprint density at radius 1 is 1.19 bits per heavy atom. The number of hydrogen-bond donors (Lipinski definition) is 1. The van der Waals surface area contributed by atoms with E-state index in [4.69, 9.17) is 11.6 Å². The number of piperidine rings is 1. The molecule has 194 valence electrons. The van der Waals surface area contributed by atoms with Crippen LogP contribution in [0.3, 0.4) is 0 Å². The maximum Gasteiger partial charge on any atom is 0.0936 e. The van der Waals surface area contributed by atoms with Gasteiger partial charge in [-0.3, -0.25) is 4.98 Å². The normalized spacial score (nSPS) is 15.9. The molecule has 0 bridgehead atoms. The highest BCUT2D eigenvalue weighted by molar-refractivity contribution is 6.30. The van der Waals surface area contributed by atoms with Crippen LogP contribution in [0.1, 0.15) is 57.9 Å². The number of fused-ring (bicyclic) bond motifs is 1. The first-order chi connectivity index (χ1) is 17.4. The molecule has 5 nitrogen and oxygen atoms in total. The Bertz CT molecular complexity index is 1130. The second-order valence-corrected chi connectivity index (χ2v) is 11.0. The first-order valence-corrected chi connectivity index (χ1v) is 13.8. The molecule has 0 aliphatic carbocycles. The average molecular weight is 508 g/mol. The van der Waals surface area contributed by atoms with Crippen molar-refractivity contribution in [2.24, 2.45) is 5.92 Å². The number of halogens is 1. The van der Waals surface area contributed by atoms with Crippen LogP contribution >= 0.6 is 11.6 Å². The second-order valence-electron chi connectivity index (χ2n) is 10.5. The van der Waals surface area contributed by atoms with Crippen LogP contribution in [-0.4, -0.2) is 58.6 Å². The molecule has 2 aromatic heterocycles. The van der Waals surface area contributed by atoms with Crippen LogP contribution in [0, 0.1) is 5.92 Å². The van der Waals surface area contributed by atoms with Gasteiger partial charge >= 0.3 is 0 Å². The van der Waals surface area contributed by atoms with Gasteiger partial charge in [0.2, 0.25) is 0 Å². The number of rotatable bonds is 11. The molecular formula is C30H42ClN5. The summed E-state index contributed by atoms with van der Waals surface area (Å²) in [6, 6.07) is 10.8. The Morgan fingerprint density at radius 3 is 2.58 bits per heavy atom. The molecule has 3 heterocycles. The number of pyridine rings is 1. The summed E-state index contributed by atoms with van der Waals surface area (Å²) in [6.07, 6.45) is 10.8. The Hall–Kier alpha value is -2.50. The fourth-order valence-corrected chi connectivity index (χ4v) is 5.62. The first kappa shape index (κ1) is 26.6. The molecule has 1 saturated heterocycles. The number of nitrogens with zero attached hydrogens (tertiary/aromatic N) is 4. The molecule has 1 atom stereocenters. The summed E-state index contributed by atoms with van der Waals surface area (Å²) in [7, 11) is 2.17. The third kappa shape index (κ3) is 6.24. The summed E-state index contributed by atoms with van der Waals surface area (Å²) in [6.45, 7) is 15.6. The van der Waals surface area contributed by atoms with Gasteiger partial charge in [0.25, 0.3) is 0 Å². The molecule has 3 aromatic rings. The van der Waals surface area contributed by atoms with E-state index in [0.717, 1.165) is 53.9 Å². The highest BCUT2D eigenvalue weighted by atomic mass is 35.5. The van der Waals surface area contributed by atoms with Gasteiger partial charge in [-0.25, -0.2) is 0 Å². The van der Waals surface area contributed by atoms with Gasteiger partial charge in [0, 0.05) is 54.7 Å². The van der Waals surface area contributed by atoms with Crippen molar-refractivity contribution in [3.8, 4) is 5.69 Å². The lowest BCUT2D eigenvalue weighted by atomic mass is 9.93. The van der Waals surface area contributed by atoms with Crippen molar-refractivity contribution in [2.45, 2.75) is 58.4 Å². The molecule has 0 saturated carbocycles. The van der Waals surface area contributed by atoms with E-state index in [1.54, 1.807) is 0 Å². The molecule has 1 unspecified atom stereocenters. The zero-order valence-electron chi connectivity index (χ0n) is 22.4. The summed E-state index contributed by atoms with van der Waals surface area (Å²) >= 11 is 6.13. The van der Waals surface area contributed by atoms with E-state index in [-0.39, 0.29) is 0 Å². The molecule has 1 aliphatic heterocycles. The zero-order valence-corrected chi connectivity index (χ0v) is 23.1. The molecule has 1 N–H and O–H groups in total. The monoisotopic (exact) mass is 507 g/mol. The van der Waals surface area contributed by atoms with Gasteiger partial charge in [-0.2, -0.15) is 0 Å². The van der Waals surface area contributed by atoms with Gasteiger partial charge < -0.3 is 19.7 Å². The molecule has 36 heavy (non-hydrogen) atoms. The minimum absolute atomic E-state index is 0.453. The highest BCUT2D eigenvalue weighted by Crippen LogP contribution is 2.33. The van der Waals surface area contributed by atoms with Crippen molar-refractivity contribution in [2.75, 3.05) is 33.2 Å². The molecule has 4 rings (SSSR count).